The minimum absolute atomic E-state index is 0.153. The molecule has 0 heterocycles. The third-order valence-electron chi connectivity index (χ3n) is 3.09. The second-order valence-electron chi connectivity index (χ2n) is 4.55. The van der Waals surface area contributed by atoms with Gasteiger partial charge in [0, 0.05) is 25.3 Å². The lowest BCUT2D eigenvalue weighted by Crippen LogP contribution is -2.05. The number of hydrogen-bond acceptors (Lipinski definition) is 4. The van der Waals surface area contributed by atoms with E-state index in [1.807, 2.05) is 12.1 Å². The number of nitrogens with two attached hydrogens (primary N) is 1. The maximum absolute atomic E-state index is 11.2. The summed E-state index contributed by atoms with van der Waals surface area (Å²) in [5.41, 5.74) is 8.43. The van der Waals surface area contributed by atoms with Gasteiger partial charge in [-0.15, -0.1) is 0 Å². The Hall–Kier alpha value is -2.53. The van der Waals surface area contributed by atoms with Crippen LogP contribution in [0.1, 0.15) is 21.5 Å². The molecule has 0 saturated heterocycles. The van der Waals surface area contributed by atoms with Crippen LogP contribution in [-0.2, 0) is 11.2 Å². The van der Waals surface area contributed by atoms with Gasteiger partial charge in [0.2, 0.25) is 0 Å². The number of carbonyl (C=O) groups is 1. The van der Waals surface area contributed by atoms with Crippen molar-refractivity contribution < 1.29 is 19.4 Å². The molecule has 2 aromatic rings. The monoisotopic (exact) mass is 287 g/mol. The van der Waals surface area contributed by atoms with E-state index >= 15 is 0 Å². The maximum atomic E-state index is 11.2. The first-order chi connectivity index (χ1) is 10.1. The number of anilines is 1. The molecule has 0 aliphatic carbocycles. The first-order valence-electron chi connectivity index (χ1n) is 6.43. The Labute approximate surface area is 122 Å². The van der Waals surface area contributed by atoms with Crippen LogP contribution in [0.15, 0.2) is 42.5 Å². The Bertz CT molecular complexity index is 640. The molecule has 110 valence electrons. The smallest absolute Gasteiger partial charge is 0.335 e. The van der Waals surface area contributed by atoms with Crippen LogP contribution < -0.4 is 10.5 Å². The minimum Gasteiger partial charge on any atom is -0.478 e. The van der Waals surface area contributed by atoms with Gasteiger partial charge in [0.05, 0.1) is 5.56 Å². The van der Waals surface area contributed by atoms with Crippen LogP contribution in [0.5, 0.6) is 5.75 Å². The zero-order valence-corrected chi connectivity index (χ0v) is 11.7. The van der Waals surface area contributed by atoms with Crippen molar-refractivity contribution in [3.05, 3.63) is 59.2 Å². The van der Waals surface area contributed by atoms with Crippen LogP contribution in [-0.4, -0.2) is 25.0 Å². The summed E-state index contributed by atoms with van der Waals surface area (Å²) in [6.07, 6.45) is 0.457. The quantitative estimate of drug-likeness (QED) is 0.630. The Morgan fingerprint density at radius 1 is 1.19 bits per heavy atom. The van der Waals surface area contributed by atoms with Crippen LogP contribution in [0.3, 0.4) is 0 Å². The second-order valence-corrected chi connectivity index (χ2v) is 4.55. The van der Waals surface area contributed by atoms with E-state index < -0.39 is 5.97 Å². The molecule has 5 nitrogen and oxygen atoms in total. The average Bonchev–Trinajstić information content (AvgIpc) is 2.48. The molecule has 0 aromatic heterocycles. The predicted molar refractivity (Wildman–Crippen MR) is 79.6 cm³/mol. The molecule has 0 atom stereocenters. The van der Waals surface area contributed by atoms with Gasteiger partial charge >= 0.3 is 5.97 Å². The van der Waals surface area contributed by atoms with Crippen LogP contribution >= 0.6 is 0 Å². The summed E-state index contributed by atoms with van der Waals surface area (Å²) in [6, 6.07) is 12.2. The molecule has 0 fully saturated rings. The molecule has 0 unspecified atom stereocenters. The van der Waals surface area contributed by atoms with Gasteiger partial charge in [-0.1, -0.05) is 24.3 Å². The van der Waals surface area contributed by atoms with Gasteiger partial charge in [0.25, 0.3) is 0 Å². The lowest BCUT2D eigenvalue weighted by molar-refractivity contribution is 0.0511. The van der Waals surface area contributed by atoms with Crippen LogP contribution in [0.2, 0.25) is 0 Å². The molecule has 0 radical (unpaired) electrons. The molecule has 0 bridgehead atoms. The van der Waals surface area contributed by atoms with Gasteiger partial charge in [-0.05, 0) is 23.3 Å². The maximum Gasteiger partial charge on any atom is 0.335 e. The molecule has 2 aromatic carbocycles. The highest BCUT2D eigenvalue weighted by molar-refractivity contribution is 5.89. The number of rotatable bonds is 6. The van der Waals surface area contributed by atoms with Crippen molar-refractivity contribution in [2.45, 2.75) is 6.42 Å². The molecule has 2 rings (SSSR count). The first kappa shape index (κ1) is 14.9. The Morgan fingerprint density at radius 3 is 2.62 bits per heavy atom. The SMILES string of the molecule is COCOc1ccc(Cc2ccccc2C(=O)O)c(N)c1. The zero-order valence-electron chi connectivity index (χ0n) is 11.7. The van der Waals surface area contributed by atoms with Gasteiger partial charge < -0.3 is 20.3 Å². The fraction of sp³-hybridized carbons (Fsp3) is 0.188. The molecule has 0 spiro atoms. The van der Waals surface area contributed by atoms with Crippen molar-refractivity contribution in [1.82, 2.24) is 0 Å². The fourth-order valence-corrected chi connectivity index (χ4v) is 2.04. The normalized spacial score (nSPS) is 10.3. The van der Waals surface area contributed by atoms with Gasteiger partial charge in [-0.2, -0.15) is 0 Å². The molecular formula is C16H17NO4. The van der Waals surface area contributed by atoms with Crippen LogP contribution in [0.25, 0.3) is 0 Å². The van der Waals surface area contributed by atoms with E-state index in [0.29, 0.717) is 17.9 Å². The third kappa shape index (κ3) is 3.73. The first-order valence-corrected chi connectivity index (χ1v) is 6.43. The molecule has 21 heavy (non-hydrogen) atoms. The topological polar surface area (TPSA) is 81.8 Å². The van der Waals surface area contributed by atoms with Crippen LogP contribution in [0, 0.1) is 0 Å². The molecule has 3 N–H and O–H groups in total. The number of methoxy groups -OCH3 is 1. The van der Waals surface area contributed by atoms with Crippen molar-refractivity contribution in [2.75, 3.05) is 19.6 Å². The molecule has 0 aliphatic heterocycles. The standard InChI is InChI=1S/C16H17NO4/c1-20-10-21-13-7-6-12(15(17)9-13)8-11-4-2-3-5-14(11)16(18)19/h2-7,9H,8,10,17H2,1H3,(H,18,19). The van der Waals surface area contributed by atoms with E-state index in [-0.39, 0.29) is 12.4 Å². The highest BCUT2D eigenvalue weighted by Gasteiger charge is 2.11. The van der Waals surface area contributed by atoms with E-state index in [4.69, 9.17) is 15.2 Å². The van der Waals surface area contributed by atoms with Gasteiger partial charge in [-0.3, -0.25) is 0 Å². The second kappa shape index (κ2) is 6.76. The summed E-state index contributed by atoms with van der Waals surface area (Å²) in [4.78, 5) is 11.2. The third-order valence-corrected chi connectivity index (χ3v) is 3.09. The van der Waals surface area contributed by atoms with Crippen molar-refractivity contribution in [3.63, 3.8) is 0 Å². The zero-order chi connectivity index (χ0) is 15.2. The molecule has 0 saturated carbocycles. The number of carboxylic acid groups (broad SMARTS) is 1. The van der Waals surface area contributed by atoms with E-state index in [0.717, 1.165) is 11.1 Å². The van der Waals surface area contributed by atoms with Crippen LogP contribution in [0.4, 0.5) is 5.69 Å². The van der Waals surface area contributed by atoms with Crippen molar-refractivity contribution >= 4 is 11.7 Å². The van der Waals surface area contributed by atoms with Crippen molar-refractivity contribution in [3.8, 4) is 5.75 Å². The van der Waals surface area contributed by atoms with Gasteiger partial charge in [0.1, 0.15) is 5.75 Å². The fourth-order valence-electron chi connectivity index (χ4n) is 2.04. The van der Waals surface area contributed by atoms with Crippen molar-refractivity contribution in [1.29, 1.82) is 0 Å². The summed E-state index contributed by atoms with van der Waals surface area (Å²) >= 11 is 0. The highest BCUT2D eigenvalue weighted by Crippen LogP contribution is 2.23. The largest absolute Gasteiger partial charge is 0.478 e. The number of benzene rings is 2. The van der Waals surface area contributed by atoms with E-state index in [2.05, 4.69) is 0 Å². The molecular weight excluding hydrogens is 270 g/mol. The number of hydrogen-bond donors (Lipinski definition) is 2. The van der Waals surface area contributed by atoms with Gasteiger partial charge in [0.15, 0.2) is 6.79 Å². The van der Waals surface area contributed by atoms with Crippen molar-refractivity contribution in [2.24, 2.45) is 0 Å². The molecule has 0 aliphatic rings. The van der Waals surface area contributed by atoms with E-state index in [9.17, 15) is 9.90 Å². The Kier molecular flexibility index (Phi) is 4.79. The molecule has 5 heteroatoms. The number of aromatic carboxylic acids is 1. The number of nitrogen functional groups attached to an aromatic ring is 1. The Morgan fingerprint density at radius 2 is 1.95 bits per heavy atom. The average molecular weight is 287 g/mol. The summed E-state index contributed by atoms with van der Waals surface area (Å²) in [6.45, 7) is 0.153. The summed E-state index contributed by atoms with van der Waals surface area (Å²) in [7, 11) is 1.54. The summed E-state index contributed by atoms with van der Waals surface area (Å²) < 4.78 is 10.1. The lowest BCUT2D eigenvalue weighted by Gasteiger charge is -2.11. The van der Waals surface area contributed by atoms with E-state index in [1.165, 1.54) is 0 Å². The summed E-state index contributed by atoms with van der Waals surface area (Å²) in [5.74, 6) is -0.325. The minimum atomic E-state index is -0.941. The lowest BCUT2D eigenvalue weighted by atomic mass is 9.98. The number of carboxylic acids is 1. The Balaban J connectivity index is 2.22. The number of ether oxygens (including phenoxy) is 2. The molecule has 0 amide bonds. The van der Waals surface area contributed by atoms with E-state index in [1.54, 1.807) is 37.4 Å². The summed E-state index contributed by atoms with van der Waals surface area (Å²) in [5, 5.41) is 9.19. The predicted octanol–water partition coefficient (Wildman–Crippen LogP) is 2.54. The highest BCUT2D eigenvalue weighted by atomic mass is 16.7. The van der Waals surface area contributed by atoms with Gasteiger partial charge in [-0.25, -0.2) is 4.79 Å².